The minimum absolute atomic E-state index is 0.0387. The summed E-state index contributed by atoms with van der Waals surface area (Å²) in [6.07, 6.45) is 0.306. The summed E-state index contributed by atoms with van der Waals surface area (Å²) in [5, 5.41) is 4.45. The summed E-state index contributed by atoms with van der Waals surface area (Å²) in [4.78, 5) is 23.3. The van der Waals surface area contributed by atoms with Crippen molar-refractivity contribution in [3.63, 3.8) is 0 Å². The Balaban J connectivity index is 1.35. The Labute approximate surface area is 167 Å². The first-order chi connectivity index (χ1) is 13.8. The van der Waals surface area contributed by atoms with Crippen molar-refractivity contribution < 1.29 is 14.3 Å². The lowest BCUT2D eigenvalue weighted by Gasteiger charge is -2.14. The molecule has 28 heavy (non-hydrogen) atoms. The lowest BCUT2D eigenvalue weighted by molar-refractivity contribution is 0.112. The second-order valence-corrected chi connectivity index (χ2v) is 7.28. The van der Waals surface area contributed by atoms with Gasteiger partial charge in [-0.15, -0.1) is 11.3 Å². The average molecular weight is 387 g/mol. The van der Waals surface area contributed by atoms with Crippen LogP contribution in [0, 0.1) is 11.8 Å². The van der Waals surface area contributed by atoms with Crippen molar-refractivity contribution in [2.75, 3.05) is 13.2 Å². The summed E-state index contributed by atoms with van der Waals surface area (Å²) < 4.78 is 5.45. The van der Waals surface area contributed by atoms with Crippen molar-refractivity contribution in [2.24, 2.45) is 0 Å². The molecular formula is C23H17NO3S. The van der Waals surface area contributed by atoms with Crippen molar-refractivity contribution >= 4 is 23.7 Å². The van der Waals surface area contributed by atoms with Crippen LogP contribution in [-0.4, -0.2) is 25.5 Å². The Bertz CT molecular complexity index is 1040. The molecule has 0 aliphatic heterocycles. The maximum atomic E-state index is 12.0. The average Bonchev–Trinajstić information content (AvgIpc) is 3.32. The summed E-state index contributed by atoms with van der Waals surface area (Å²) in [6.45, 7) is 0.462. The van der Waals surface area contributed by atoms with Gasteiger partial charge in [0.15, 0.2) is 6.29 Å². The summed E-state index contributed by atoms with van der Waals surface area (Å²) in [5.74, 6) is 5.81. The van der Waals surface area contributed by atoms with Crippen LogP contribution >= 0.6 is 11.3 Å². The molecule has 1 heterocycles. The van der Waals surface area contributed by atoms with Crippen LogP contribution in [0.25, 0.3) is 11.1 Å². The van der Waals surface area contributed by atoms with Crippen LogP contribution in [0.1, 0.15) is 32.3 Å². The molecule has 0 atom stereocenters. The first-order valence-electron chi connectivity index (χ1n) is 8.87. The number of aldehydes is 1. The normalized spacial score (nSPS) is 11.7. The molecule has 1 aromatic heterocycles. The van der Waals surface area contributed by atoms with Gasteiger partial charge in [0.2, 0.25) is 0 Å². The molecule has 0 spiro atoms. The van der Waals surface area contributed by atoms with Crippen molar-refractivity contribution in [1.82, 2.24) is 5.32 Å². The maximum absolute atomic E-state index is 12.0. The molecule has 0 bridgehead atoms. The topological polar surface area (TPSA) is 55.4 Å². The van der Waals surface area contributed by atoms with Crippen LogP contribution in [0.15, 0.2) is 60.0 Å². The van der Waals surface area contributed by atoms with E-state index >= 15 is 0 Å². The molecular weight excluding hydrogens is 370 g/mol. The van der Waals surface area contributed by atoms with Gasteiger partial charge in [0.25, 0.3) is 0 Å². The predicted molar refractivity (Wildman–Crippen MR) is 110 cm³/mol. The van der Waals surface area contributed by atoms with E-state index in [1.54, 1.807) is 6.07 Å². The number of hydrogen-bond donors (Lipinski definition) is 1. The summed E-state index contributed by atoms with van der Waals surface area (Å²) >= 11 is 1.34. The summed E-state index contributed by atoms with van der Waals surface area (Å²) in [5.41, 5.74) is 5.52. The largest absolute Gasteiger partial charge is 0.449 e. The zero-order valence-electron chi connectivity index (χ0n) is 15.0. The Morgan fingerprint density at radius 3 is 2.43 bits per heavy atom. The highest BCUT2D eigenvalue weighted by atomic mass is 32.1. The molecule has 0 unspecified atom stereocenters. The van der Waals surface area contributed by atoms with Gasteiger partial charge in [-0.05, 0) is 28.3 Å². The van der Waals surface area contributed by atoms with Crippen LogP contribution in [0.2, 0.25) is 0 Å². The number of fused-ring (bicyclic) bond motifs is 3. The fraction of sp³-hybridized carbons (Fsp3) is 0.130. The number of benzene rings is 2. The van der Waals surface area contributed by atoms with Crippen molar-refractivity contribution in [3.8, 4) is 23.0 Å². The standard InChI is InChI=1S/C23H17NO3S/c25-13-17-12-16(15-28-17)6-5-11-24-23(26)27-14-22-20-9-3-1-7-18(20)19-8-2-4-10-21(19)22/h1-4,7-10,12-13,15,22H,11,14H2,(H,24,26). The molecule has 138 valence electrons. The van der Waals surface area contributed by atoms with E-state index in [4.69, 9.17) is 4.74 Å². The predicted octanol–water partition coefficient (Wildman–Crippen LogP) is 4.45. The molecule has 3 aromatic rings. The zero-order chi connectivity index (χ0) is 19.3. The molecule has 1 aliphatic carbocycles. The Morgan fingerprint density at radius 2 is 1.79 bits per heavy atom. The van der Waals surface area contributed by atoms with Gasteiger partial charge < -0.3 is 10.1 Å². The fourth-order valence-electron chi connectivity index (χ4n) is 3.39. The highest BCUT2D eigenvalue weighted by Gasteiger charge is 2.28. The van der Waals surface area contributed by atoms with Crippen LogP contribution in [-0.2, 0) is 4.74 Å². The maximum Gasteiger partial charge on any atom is 0.407 e. The molecule has 0 fully saturated rings. The van der Waals surface area contributed by atoms with Crippen LogP contribution < -0.4 is 5.32 Å². The Hall–Kier alpha value is -3.36. The number of alkyl carbamates (subject to hydrolysis) is 1. The second kappa shape index (κ2) is 8.12. The van der Waals surface area contributed by atoms with Gasteiger partial charge in [-0.25, -0.2) is 4.79 Å². The number of ether oxygens (including phenoxy) is 1. The highest BCUT2D eigenvalue weighted by molar-refractivity contribution is 7.11. The van der Waals surface area contributed by atoms with E-state index in [1.165, 1.54) is 33.6 Å². The van der Waals surface area contributed by atoms with Crippen LogP contribution in [0.3, 0.4) is 0 Å². The van der Waals surface area contributed by atoms with Crippen molar-refractivity contribution in [2.45, 2.75) is 5.92 Å². The monoisotopic (exact) mass is 387 g/mol. The van der Waals surface area contributed by atoms with Gasteiger partial charge in [0.05, 0.1) is 11.4 Å². The molecule has 1 aliphatic rings. The first kappa shape index (κ1) is 18.0. The van der Waals surface area contributed by atoms with E-state index in [2.05, 4.69) is 41.4 Å². The minimum atomic E-state index is -0.491. The van der Waals surface area contributed by atoms with Crippen molar-refractivity contribution in [3.05, 3.63) is 81.5 Å². The number of hydrogen-bond acceptors (Lipinski definition) is 4. The van der Waals surface area contributed by atoms with Crippen LogP contribution in [0.5, 0.6) is 0 Å². The quantitative estimate of drug-likeness (QED) is 0.531. The van der Waals surface area contributed by atoms with Crippen molar-refractivity contribution in [1.29, 1.82) is 0 Å². The summed E-state index contributed by atoms with van der Waals surface area (Å²) in [6, 6.07) is 18.2. The molecule has 4 nitrogen and oxygen atoms in total. The fourth-order valence-corrected chi connectivity index (χ4v) is 4.03. The molecule has 0 saturated carbocycles. The molecule has 1 amide bonds. The number of carbonyl (C=O) groups excluding carboxylic acids is 2. The number of rotatable bonds is 4. The Kier molecular flexibility index (Phi) is 5.22. The third-order valence-electron chi connectivity index (χ3n) is 4.63. The number of amides is 1. The molecule has 5 heteroatoms. The smallest absolute Gasteiger partial charge is 0.407 e. The molecule has 2 aromatic carbocycles. The lowest BCUT2D eigenvalue weighted by atomic mass is 9.98. The van der Waals surface area contributed by atoms with Gasteiger partial charge in [0, 0.05) is 16.9 Å². The van der Waals surface area contributed by atoms with Crippen LogP contribution in [0.4, 0.5) is 4.79 Å². The zero-order valence-corrected chi connectivity index (χ0v) is 15.8. The van der Waals surface area contributed by atoms with Gasteiger partial charge in [-0.1, -0.05) is 60.4 Å². The number of nitrogens with one attached hydrogen (secondary N) is 1. The molecule has 0 radical (unpaired) electrons. The van der Waals surface area contributed by atoms with E-state index < -0.39 is 6.09 Å². The second-order valence-electron chi connectivity index (χ2n) is 6.34. The first-order valence-corrected chi connectivity index (χ1v) is 9.75. The third-order valence-corrected chi connectivity index (χ3v) is 5.49. The van der Waals surface area contributed by atoms with E-state index in [-0.39, 0.29) is 19.1 Å². The van der Waals surface area contributed by atoms with E-state index in [1.807, 2.05) is 29.6 Å². The van der Waals surface area contributed by atoms with Gasteiger partial charge in [-0.3, -0.25) is 4.79 Å². The van der Waals surface area contributed by atoms with Gasteiger partial charge in [0.1, 0.15) is 6.61 Å². The lowest BCUT2D eigenvalue weighted by Crippen LogP contribution is -2.26. The number of thiophene rings is 1. The minimum Gasteiger partial charge on any atom is -0.449 e. The molecule has 4 rings (SSSR count). The number of carbonyl (C=O) groups is 2. The highest BCUT2D eigenvalue weighted by Crippen LogP contribution is 2.44. The van der Waals surface area contributed by atoms with E-state index in [9.17, 15) is 9.59 Å². The van der Waals surface area contributed by atoms with E-state index in [0.717, 1.165) is 11.8 Å². The van der Waals surface area contributed by atoms with Gasteiger partial charge in [-0.2, -0.15) is 0 Å². The third kappa shape index (κ3) is 3.68. The molecule has 0 saturated heterocycles. The van der Waals surface area contributed by atoms with E-state index in [0.29, 0.717) is 4.88 Å². The Morgan fingerprint density at radius 1 is 1.11 bits per heavy atom. The summed E-state index contributed by atoms with van der Waals surface area (Å²) in [7, 11) is 0. The van der Waals surface area contributed by atoms with Gasteiger partial charge >= 0.3 is 6.09 Å². The SMILES string of the molecule is O=Cc1cc(C#CCNC(=O)OCC2c3ccccc3-c3ccccc32)cs1. The molecule has 1 N–H and O–H groups in total.